The van der Waals surface area contributed by atoms with Gasteiger partial charge in [0, 0.05) is 28.0 Å². The Morgan fingerprint density at radius 1 is 1.07 bits per heavy atom. The highest BCUT2D eigenvalue weighted by Crippen LogP contribution is 2.40. The number of nitrogens with one attached hydrogen (secondary N) is 3. The molecule has 3 N–H and O–H groups in total. The molecule has 1 amide bonds. The van der Waals surface area contributed by atoms with Crippen molar-refractivity contribution in [2.75, 3.05) is 26.6 Å². The lowest BCUT2D eigenvalue weighted by molar-refractivity contribution is -0.113. The molecule has 0 aromatic heterocycles. The number of amides is 1. The van der Waals surface area contributed by atoms with Crippen LogP contribution < -0.4 is 30.2 Å². The number of anilines is 1. The van der Waals surface area contributed by atoms with E-state index in [0.717, 1.165) is 0 Å². The minimum atomic E-state index is -0.576. The molecular formula is C21H22ClN3O4S. The van der Waals surface area contributed by atoms with Crippen molar-refractivity contribution in [3.05, 3.63) is 58.3 Å². The van der Waals surface area contributed by atoms with Crippen LogP contribution in [0.5, 0.6) is 17.2 Å². The number of allylic oxidation sites excluding steroid dienone is 1. The minimum absolute atomic E-state index is 0.306. The lowest BCUT2D eigenvalue weighted by Gasteiger charge is -2.31. The lowest BCUT2D eigenvalue weighted by atomic mass is 9.93. The summed E-state index contributed by atoms with van der Waals surface area (Å²) in [5.74, 6) is 1.24. The Balaban J connectivity index is 2.07. The van der Waals surface area contributed by atoms with Crippen molar-refractivity contribution in [1.82, 2.24) is 10.6 Å². The van der Waals surface area contributed by atoms with Gasteiger partial charge in [0.05, 0.1) is 32.9 Å². The lowest BCUT2D eigenvalue weighted by Crippen LogP contribution is -2.45. The van der Waals surface area contributed by atoms with Crippen molar-refractivity contribution < 1.29 is 19.0 Å². The van der Waals surface area contributed by atoms with E-state index in [4.69, 9.17) is 38.0 Å². The van der Waals surface area contributed by atoms with Crippen molar-refractivity contribution in [1.29, 1.82) is 0 Å². The monoisotopic (exact) mass is 447 g/mol. The number of hydrogen-bond acceptors (Lipinski definition) is 5. The maximum atomic E-state index is 13.2. The van der Waals surface area contributed by atoms with E-state index in [9.17, 15) is 4.79 Å². The summed E-state index contributed by atoms with van der Waals surface area (Å²) in [6.07, 6.45) is 0. The third kappa shape index (κ3) is 4.44. The summed E-state index contributed by atoms with van der Waals surface area (Å²) in [6.45, 7) is 1.79. The molecule has 1 aliphatic heterocycles. The average molecular weight is 448 g/mol. The van der Waals surface area contributed by atoms with Crippen molar-refractivity contribution >= 4 is 40.5 Å². The van der Waals surface area contributed by atoms with E-state index in [-0.39, 0.29) is 5.91 Å². The Morgan fingerprint density at radius 2 is 1.73 bits per heavy atom. The summed E-state index contributed by atoms with van der Waals surface area (Å²) in [5, 5.41) is 9.97. The van der Waals surface area contributed by atoms with E-state index < -0.39 is 6.04 Å². The van der Waals surface area contributed by atoms with Crippen LogP contribution in [0.4, 0.5) is 5.69 Å². The SMILES string of the molecule is COc1cc(OC)c([C@@H]2NC(=S)NC(C)=C2C(=O)Nc2cccc(Cl)c2)cc1OC. The van der Waals surface area contributed by atoms with Crippen LogP contribution in [-0.4, -0.2) is 32.3 Å². The van der Waals surface area contributed by atoms with Crippen LogP contribution in [0.3, 0.4) is 0 Å². The van der Waals surface area contributed by atoms with E-state index in [2.05, 4.69) is 16.0 Å². The molecular weight excluding hydrogens is 426 g/mol. The number of methoxy groups -OCH3 is 3. The van der Waals surface area contributed by atoms with Gasteiger partial charge in [0.1, 0.15) is 5.75 Å². The van der Waals surface area contributed by atoms with E-state index in [1.54, 1.807) is 64.7 Å². The van der Waals surface area contributed by atoms with Gasteiger partial charge in [-0.25, -0.2) is 0 Å². The molecule has 1 heterocycles. The van der Waals surface area contributed by atoms with Gasteiger partial charge in [-0.2, -0.15) is 0 Å². The second kappa shape index (κ2) is 9.23. The molecule has 0 unspecified atom stereocenters. The highest BCUT2D eigenvalue weighted by Gasteiger charge is 2.33. The standard InChI is InChI=1S/C21H22ClN3O4S/c1-11-18(20(26)24-13-7-5-6-12(22)8-13)19(25-21(30)23-11)14-9-16(28-3)17(29-4)10-15(14)27-2/h5-10,19H,1-4H3,(H,24,26)(H2,23,25,30)/t19-/m0/s1. The topological polar surface area (TPSA) is 80.9 Å². The van der Waals surface area contributed by atoms with Gasteiger partial charge in [0.2, 0.25) is 0 Å². The Labute approximate surface area is 185 Å². The van der Waals surface area contributed by atoms with Crippen molar-refractivity contribution in [2.45, 2.75) is 13.0 Å². The number of rotatable bonds is 6. The molecule has 7 nitrogen and oxygen atoms in total. The first kappa shape index (κ1) is 21.7. The van der Waals surface area contributed by atoms with Crippen LogP contribution in [0.2, 0.25) is 5.02 Å². The number of halogens is 1. The second-order valence-corrected chi connectivity index (χ2v) is 7.33. The van der Waals surface area contributed by atoms with E-state index in [0.29, 0.717) is 49.9 Å². The van der Waals surface area contributed by atoms with Crippen LogP contribution in [0.15, 0.2) is 47.7 Å². The van der Waals surface area contributed by atoms with E-state index in [1.807, 2.05) is 0 Å². The highest BCUT2D eigenvalue weighted by molar-refractivity contribution is 7.80. The van der Waals surface area contributed by atoms with Gasteiger partial charge in [0.15, 0.2) is 16.6 Å². The zero-order valence-corrected chi connectivity index (χ0v) is 18.5. The molecule has 0 fully saturated rings. The Kier molecular flexibility index (Phi) is 6.69. The molecule has 1 atom stereocenters. The van der Waals surface area contributed by atoms with Gasteiger partial charge >= 0.3 is 0 Å². The van der Waals surface area contributed by atoms with Crippen molar-refractivity contribution in [3.8, 4) is 17.2 Å². The van der Waals surface area contributed by atoms with Gasteiger partial charge in [-0.3, -0.25) is 4.79 Å². The molecule has 0 saturated carbocycles. The summed E-state index contributed by atoms with van der Waals surface area (Å²) in [5.41, 5.74) is 2.34. The predicted octanol–water partition coefficient (Wildman–Crippen LogP) is 3.80. The van der Waals surface area contributed by atoms with Gasteiger partial charge in [0.25, 0.3) is 5.91 Å². The minimum Gasteiger partial charge on any atom is -0.496 e. The summed E-state index contributed by atoms with van der Waals surface area (Å²) < 4.78 is 16.4. The third-order valence-electron chi connectivity index (χ3n) is 4.64. The normalized spacial score (nSPS) is 15.8. The molecule has 1 aliphatic rings. The molecule has 0 spiro atoms. The summed E-state index contributed by atoms with van der Waals surface area (Å²) in [7, 11) is 4.64. The molecule has 2 aromatic carbocycles. The number of hydrogen-bond donors (Lipinski definition) is 3. The fraction of sp³-hybridized carbons (Fsp3) is 0.238. The average Bonchev–Trinajstić information content (AvgIpc) is 2.71. The van der Waals surface area contributed by atoms with Gasteiger partial charge in [-0.1, -0.05) is 17.7 Å². The first-order valence-electron chi connectivity index (χ1n) is 9.03. The molecule has 3 rings (SSSR count). The molecule has 158 valence electrons. The molecule has 9 heteroatoms. The first-order valence-corrected chi connectivity index (χ1v) is 9.81. The van der Waals surface area contributed by atoms with Gasteiger partial charge in [-0.05, 0) is 43.4 Å². The summed E-state index contributed by atoms with van der Waals surface area (Å²) in [6, 6.07) is 9.84. The van der Waals surface area contributed by atoms with Crippen LogP contribution in [0.1, 0.15) is 18.5 Å². The number of carbonyl (C=O) groups is 1. The molecule has 0 bridgehead atoms. The Hall–Kier alpha value is -2.97. The number of benzene rings is 2. The van der Waals surface area contributed by atoms with Crippen molar-refractivity contribution in [3.63, 3.8) is 0 Å². The maximum Gasteiger partial charge on any atom is 0.255 e. The van der Waals surface area contributed by atoms with Gasteiger partial charge < -0.3 is 30.2 Å². The van der Waals surface area contributed by atoms with Crippen LogP contribution in [0, 0.1) is 0 Å². The molecule has 30 heavy (non-hydrogen) atoms. The quantitative estimate of drug-likeness (QED) is 0.581. The zero-order chi connectivity index (χ0) is 21.8. The summed E-state index contributed by atoms with van der Waals surface area (Å²) >= 11 is 11.4. The molecule has 0 saturated heterocycles. The molecule has 2 aromatic rings. The Morgan fingerprint density at radius 3 is 2.37 bits per heavy atom. The summed E-state index contributed by atoms with van der Waals surface area (Å²) in [4.78, 5) is 13.2. The second-order valence-electron chi connectivity index (χ2n) is 6.48. The Bertz CT molecular complexity index is 1030. The molecule has 0 aliphatic carbocycles. The fourth-order valence-corrected chi connectivity index (χ4v) is 3.73. The van der Waals surface area contributed by atoms with Crippen LogP contribution >= 0.6 is 23.8 Å². The number of thiocarbonyl (C=S) groups is 1. The third-order valence-corrected chi connectivity index (χ3v) is 5.10. The van der Waals surface area contributed by atoms with E-state index in [1.165, 1.54) is 0 Å². The number of ether oxygens (including phenoxy) is 3. The van der Waals surface area contributed by atoms with Gasteiger partial charge in [-0.15, -0.1) is 0 Å². The first-order chi connectivity index (χ1) is 14.4. The van der Waals surface area contributed by atoms with Crippen molar-refractivity contribution in [2.24, 2.45) is 0 Å². The maximum absolute atomic E-state index is 13.2. The predicted molar refractivity (Wildman–Crippen MR) is 120 cm³/mol. The smallest absolute Gasteiger partial charge is 0.255 e. The van der Waals surface area contributed by atoms with E-state index >= 15 is 0 Å². The van der Waals surface area contributed by atoms with Crippen LogP contribution in [0.25, 0.3) is 0 Å². The largest absolute Gasteiger partial charge is 0.496 e. The zero-order valence-electron chi connectivity index (χ0n) is 17.0. The fourth-order valence-electron chi connectivity index (χ4n) is 3.27. The molecule has 0 radical (unpaired) electrons. The number of carbonyl (C=O) groups excluding carboxylic acids is 1. The highest BCUT2D eigenvalue weighted by atomic mass is 35.5. The van der Waals surface area contributed by atoms with Crippen LogP contribution in [-0.2, 0) is 4.79 Å².